The fourth-order valence-corrected chi connectivity index (χ4v) is 2.25. The minimum atomic E-state index is -0.458. The summed E-state index contributed by atoms with van der Waals surface area (Å²) in [5.74, 6) is -0.0160. The predicted octanol–water partition coefficient (Wildman–Crippen LogP) is 2.68. The fourth-order valence-electron chi connectivity index (χ4n) is 1.26. The van der Waals surface area contributed by atoms with Gasteiger partial charge in [0.05, 0.1) is 11.0 Å². The van der Waals surface area contributed by atoms with Crippen molar-refractivity contribution >= 4 is 28.3 Å². The highest BCUT2D eigenvalue weighted by Gasteiger charge is 2.16. The smallest absolute Gasteiger partial charge is 0.270 e. The summed E-state index contributed by atoms with van der Waals surface area (Å²) in [6.07, 6.45) is -0.458. The average molecular weight is 321 g/mol. The highest BCUT2D eigenvalue weighted by Crippen LogP contribution is 2.27. The van der Waals surface area contributed by atoms with Crippen LogP contribution in [0.25, 0.3) is 0 Å². The molecule has 0 heterocycles. The number of nitro groups is 1. The molecule has 2 unspecified atom stereocenters. The van der Waals surface area contributed by atoms with E-state index in [-0.39, 0.29) is 11.6 Å². The third-order valence-corrected chi connectivity index (χ3v) is 3.34. The van der Waals surface area contributed by atoms with E-state index in [4.69, 9.17) is 0 Å². The summed E-state index contributed by atoms with van der Waals surface area (Å²) in [5.41, 5.74) is 1.03. The lowest BCUT2D eigenvalue weighted by Crippen LogP contribution is -2.12. The van der Waals surface area contributed by atoms with Crippen LogP contribution in [-0.4, -0.2) is 16.1 Å². The maximum atomic E-state index is 10.5. The molecule has 4 nitrogen and oxygen atoms in total. The van der Waals surface area contributed by atoms with Gasteiger partial charge in [0, 0.05) is 21.6 Å². The minimum Gasteiger partial charge on any atom is -0.393 e. The van der Waals surface area contributed by atoms with Crippen molar-refractivity contribution in [3.63, 3.8) is 0 Å². The number of benzene rings is 1. The molecule has 2 atom stereocenters. The number of aliphatic hydroxyl groups excluding tert-OH is 1. The minimum absolute atomic E-state index is 0.0160. The molecule has 0 bridgehead atoms. The second kappa shape index (κ2) is 4.89. The predicted molar refractivity (Wildman–Crippen MR) is 65.9 cm³/mol. The molecular formula is C10H12INO3. The van der Waals surface area contributed by atoms with E-state index in [2.05, 4.69) is 22.6 Å². The van der Waals surface area contributed by atoms with Gasteiger partial charge in [-0.2, -0.15) is 0 Å². The van der Waals surface area contributed by atoms with Gasteiger partial charge in [0.1, 0.15) is 0 Å². The quantitative estimate of drug-likeness (QED) is 0.529. The average Bonchev–Trinajstić information content (AvgIpc) is 2.16. The van der Waals surface area contributed by atoms with Crippen molar-refractivity contribution in [2.24, 2.45) is 0 Å². The van der Waals surface area contributed by atoms with Crippen LogP contribution in [0.3, 0.4) is 0 Å². The lowest BCUT2D eigenvalue weighted by Gasteiger charge is -2.16. The monoisotopic (exact) mass is 321 g/mol. The van der Waals surface area contributed by atoms with Gasteiger partial charge in [0.2, 0.25) is 0 Å². The van der Waals surface area contributed by atoms with E-state index in [0.29, 0.717) is 0 Å². The first-order valence-corrected chi connectivity index (χ1v) is 5.63. The van der Waals surface area contributed by atoms with Crippen LogP contribution in [0.5, 0.6) is 0 Å². The molecule has 1 rings (SSSR count). The Bertz CT molecular complexity index is 379. The Labute approximate surface area is 102 Å². The van der Waals surface area contributed by atoms with E-state index in [1.165, 1.54) is 12.1 Å². The van der Waals surface area contributed by atoms with Crippen molar-refractivity contribution in [2.75, 3.05) is 0 Å². The number of nitrogens with zero attached hydrogens (tertiary/aromatic N) is 1. The van der Waals surface area contributed by atoms with Crippen molar-refractivity contribution < 1.29 is 10.0 Å². The topological polar surface area (TPSA) is 63.4 Å². The summed E-state index contributed by atoms with van der Waals surface area (Å²) in [6, 6.07) is 4.70. The SMILES string of the molecule is CC(O)C(C)c1ccc([N+](=O)[O-])cc1I. The van der Waals surface area contributed by atoms with Gasteiger partial charge < -0.3 is 5.11 Å². The zero-order valence-electron chi connectivity index (χ0n) is 8.48. The molecule has 0 radical (unpaired) electrons. The molecule has 0 spiro atoms. The van der Waals surface area contributed by atoms with Crippen LogP contribution < -0.4 is 0 Å². The highest BCUT2D eigenvalue weighted by atomic mass is 127. The van der Waals surface area contributed by atoms with Gasteiger partial charge in [-0.3, -0.25) is 10.1 Å². The number of nitro benzene ring substituents is 1. The van der Waals surface area contributed by atoms with Crippen LogP contribution in [-0.2, 0) is 0 Å². The van der Waals surface area contributed by atoms with E-state index in [9.17, 15) is 15.2 Å². The van der Waals surface area contributed by atoms with E-state index in [1.807, 2.05) is 6.92 Å². The third-order valence-electron chi connectivity index (χ3n) is 2.41. The zero-order chi connectivity index (χ0) is 11.6. The van der Waals surface area contributed by atoms with E-state index in [1.54, 1.807) is 13.0 Å². The summed E-state index contributed by atoms with van der Waals surface area (Å²) in [4.78, 5) is 10.1. The van der Waals surface area contributed by atoms with Crippen LogP contribution in [0.2, 0.25) is 0 Å². The van der Waals surface area contributed by atoms with Gasteiger partial charge in [-0.1, -0.05) is 13.0 Å². The van der Waals surface area contributed by atoms with Crippen molar-refractivity contribution in [2.45, 2.75) is 25.9 Å². The number of hydrogen-bond acceptors (Lipinski definition) is 3. The second-order valence-electron chi connectivity index (χ2n) is 3.49. The van der Waals surface area contributed by atoms with E-state index >= 15 is 0 Å². The molecule has 0 aromatic heterocycles. The van der Waals surface area contributed by atoms with E-state index < -0.39 is 11.0 Å². The first kappa shape index (κ1) is 12.4. The maximum absolute atomic E-state index is 10.5. The molecule has 0 aliphatic carbocycles. The Hall–Kier alpha value is -0.690. The van der Waals surface area contributed by atoms with Crippen LogP contribution in [0, 0.1) is 13.7 Å². The van der Waals surface area contributed by atoms with Gasteiger partial charge in [-0.25, -0.2) is 0 Å². The molecule has 5 heteroatoms. The summed E-state index contributed by atoms with van der Waals surface area (Å²) < 4.78 is 0.815. The molecule has 1 aromatic rings. The molecule has 1 N–H and O–H groups in total. The van der Waals surface area contributed by atoms with Crippen LogP contribution in [0.15, 0.2) is 18.2 Å². The third kappa shape index (κ3) is 2.88. The van der Waals surface area contributed by atoms with Crippen molar-refractivity contribution in [3.05, 3.63) is 37.4 Å². The Morgan fingerprint density at radius 2 is 2.07 bits per heavy atom. The molecule has 0 aliphatic rings. The van der Waals surface area contributed by atoms with Gasteiger partial charge in [-0.15, -0.1) is 0 Å². The van der Waals surface area contributed by atoms with Gasteiger partial charge >= 0.3 is 0 Å². The standard InChI is InChI=1S/C10H12INO3/c1-6(7(2)13)9-4-3-8(12(14)15)5-10(9)11/h3-7,13H,1-2H3. The van der Waals surface area contributed by atoms with Crippen molar-refractivity contribution in [3.8, 4) is 0 Å². The Morgan fingerprint density at radius 1 is 1.47 bits per heavy atom. The molecule has 0 aliphatic heterocycles. The van der Waals surface area contributed by atoms with Crippen molar-refractivity contribution in [1.29, 1.82) is 0 Å². The number of non-ortho nitro benzene ring substituents is 1. The van der Waals surface area contributed by atoms with E-state index in [0.717, 1.165) is 9.13 Å². The lowest BCUT2D eigenvalue weighted by atomic mass is 9.96. The number of rotatable bonds is 3. The first-order chi connectivity index (χ1) is 6.93. The highest BCUT2D eigenvalue weighted by molar-refractivity contribution is 14.1. The van der Waals surface area contributed by atoms with Crippen LogP contribution in [0.1, 0.15) is 25.3 Å². The Morgan fingerprint density at radius 3 is 2.47 bits per heavy atom. The second-order valence-corrected chi connectivity index (χ2v) is 4.65. The molecule has 82 valence electrons. The molecule has 0 saturated heterocycles. The number of halogens is 1. The Balaban J connectivity index is 3.08. The fraction of sp³-hybridized carbons (Fsp3) is 0.400. The normalized spacial score (nSPS) is 14.7. The number of hydrogen-bond donors (Lipinski definition) is 1. The molecule has 15 heavy (non-hydrogen) atoms. The summed E-state index contributed by atoms with van der Waals surface area (Å²) in [6.45, 7) is 3.61. The van der Waals surface area contributed by atoms with Crippen LogP contribution in [0.4, 0.5) is 5.69 Å². The number of aliphatic hydroxyl groups is 1. The summed E-state index contributed by atoms with van der Waals surface area (Å²) >= 11 is 2.05. The maximum Gasteiger partial charge on any atom is 0.270 e. The van der Waals surface area contributed by atoms with Crippen LogP contribution >= 0.6 is 22.6 Å². The summed E-state index contributed by atoms with van der Waals surface area (Å²) in [7, 11) is 0. The Kier molecular flexibility index (Phi) is 4.04. The first-order valence-electron chi connectivity index (χ1n) is 4.55. The molecule has 0 saturated carbocycles. The molecule has 0 fully saturated rings. The van der Waals surface area contributed by atoms with Gasteiger partial charge in [0.25, 0.3) is 5.69 Å². The molecular weight excluding hydrogens is 309 g/mol. The lowest BCUT2D eigenvalue weighted by molar-refractivity contribution is -0.385. The molecule has 1 aromatic carbocycles. The molecule has 0 amide bonds. The largest absolute Gasteiger partial charge is 0.393 e. The zero-order valence-corrected chi connectivity index (χ0v) is 10.6. The van der Waals surface area contributed by atoms with Crippen molar-refractivity contribution in [1.82, 2.24) is 0 Å². The summed E-state index contributed by atoms with van der Waals surface area (Å²) in [5, 5.41) is 20.0. The van der Waals surface area contributed by atoms with Gasteiger partial charge in [-0.05, 0) is 35.1 Å². The van der Waals surface area contributed by atoms with Gasteiger partial charge in [0.15, 0.2) is 0 Å².